The van der Waals surface area contributed by atoms with Crippen molar-refractivity contribution in [1.82, 2.24) is 14.7 Å². The Labute approximate surface area is 141 Å². The molecule has 0 aromatic carbocycles. The number of carbonyl (C=O) groups is 1. The fourth-order valence-corrected chi connectivity index (χ4v) is 3.91. The van der Waals surface area contributed by atoms with Gasteiger partial charge in [0, 0.05) is 45.3 Å². The molecule has 0 bridgehead atoms. The lowest BCUT2D eigenvalue weighted by Crippen LogP contribution is -2.57. The number of hydrogen-bond acceptors (Lipinski definition) is 5. The van der Waals surface area contributed by atoms with E-state index in [9.17, 15) is 14.7 Å². The monoisotopic (exact) mass is 335 g/mol. The van der Waals surface area contributed by atoms with Gasteiger partial charge in [0.2, 0.25) is 0 Å². The van der Waals surface area contributed by atoms with Gasteiger partial charge in [-0.2, -0.15) is 5.10 Å². The zero-order valence-corrected chi connectivity index (χ0v) is 14.3. The third-order valence-corrected chi connectivity index (χ3v) is 5.52. The average molecular weight is 335 g/mol. The predicted molar refractivity (Wildman–Crippen MR) is 87.7 cm³/mol. The summed E-state index contributed by atoms with van der Waals surface area (Å²) in [5, 5.41) is 15.2. The molecule has 2 atom stereocenters. The quantitative estimate of drug-likeness (QED) is 0.847. The first kappa shape index (κ1) is 17.1. The van der Waals surface area contributed by atoms with Gasteiger partial charge in [-0.15, -0.1) is 0 Å². The van der Waals surface area contributed by atoms with Crippen molar-refractivity contribution < 1.29 is 14.6 Å². The second-order valence-corrected chi connectivity index (χ2v) is 6.96. The molecule has 24 heavy (non-hydrogen) atoms. The van der Waals surface area contributed by atoms with Gasteiger partial charge in [-0.05, 0) is 31.2 Å². The average Bonchev–Trinajstić information content (AvgIpc) is 2.60. The highest BCUT2D eigenvalue weighted by Crippen LogP contribution is 2.39. The Hall–Kier alpha value is -1.73. The van der Waals surface area contributed by atoms with Crippen molar-refractivity contribution >= 4 is 5.91 Å². The Kier molecular flexibility index (Phi) is 4.73. The number of hydrogen-bond donors (Lipinski definition) is 1. The highest BCUT2D eigenvalue weighted by Gasteiger charge is 2.46. The van der Waals surface area contributed by atoms with Crippen molar-refractivity contribution in [2.75, 3.05) is 26.3 Å². The molecule has 2 saturated heterocycles. The molecular formula is C17H25N3O4. The van der Waals surface area contributed by atoms with Crippen molar-refractivity contribution in [2.45, 2.75) is 31.8 Å². The van der Waals surface area contributed by atoms with E-state index >= 15 is 0 Å². The molecule has 7 nitrogen and oxygen atoms in total. The summed E-state index contributed by atoms with van der Waals surface area (Å²) in [6.07, 6.45) is 2.31. The van der Waals surface area contributed by atoms with Crippen LogP contribution in [0.1, 0.15) is 36.7 Å². The number of aryl methyl sites for hydroxylation is 1. The standard InChI is InChI=1S/C17H25N3O4/c1-12-11-20(16(22)14-3-4-15(21)19(2)18-14)8-7-17(12,23)13-5-9-24-10-6-13/h3-4,12-13,23H,5-11H2,1-2H3/t12-,17+/m1/s1. The molecule has 3 rings (SSSR count). The maximum atomic E-state index is 12.6. The minimum atomic E-state index is -0.739. The number of aliphatic hydroxyl groups is 1. The number of piperidine rings is 1. The number of likely N-dealkylation sites (tertiary alicyclic amines) is 1. The van der Waals surface area contributed by atoms with Gasteiger partial charge in [0.1, 0.15) is 5.69 Å². The first-order valence-electron chi connectivity index (χ1n) is 8.55. The van der Waals surface area contributed by atoms with Crippen LogP contribution < -0.4 is 5.56 Å². The van der Waals surface area contributed by atoms with Crippen LogP contribution in [0, 0.1) is 11.8 Å². The lowest BCUT2D eigenvalue weighted by Gasteiger charge is -2.48. The van der Waals surface area contributed by atoms with Crippen molar-refractivity contribution in [1.29, 1.82) is 0 Å². The summed E-state index contributed by atoms with van der Waals surface area (Å²) in [4.78, 5) is 25.8. The molecule has 1 aromatic heterocycles. The van der Waals surface area contributed by atoms with Crippen LogP contribution >= 0.6 is 0 Å². The van der Waals surface area contributed by atoms with Crippen molar-refractivity contribution in [3.8, 4) is 0 Å². The number of carbonyl (C=O) groups excluding carboxylic acids is 1. The SMILES string of the molecule is C[C@@H]1CN(C(=O)c2ccc(=O)n(C)n2)CC[C@@]1(O)C1CCOCC1. The van der Waals surface area contributed by atoms with E-state index in [4.69, 9.17) is 4.74 Å². The Morgan fingerprint density at radius 1 is 1.38 bits per heavy atom. The highest BCUT2D eigenvalue weighted by atomic mass is 16.5. The molecule has 132 valence electrons. The van der Waals surface area contributed by atoms with E-state index in [0.717, 1.165) is 12.8 Å². The molecule has 0 spiro atoms. The maximum Gasteiger partial charge on any atom is 0.274 e. The van der Waals surface area contributed by atoms with E-state index in [1.807, 2.05) is 6.92 Å². The molecule has 1 amide bonds. The van der Waals surface area contributed by atoms with Gasteiger partial charge in [-0.1, -0.05) is 6.92 Å². The van der Waals surface area contributed by atoms with Gasteiger partial charge in [0.15, 0.2) is 0 Å². The number of ether oxygens (including phenoxy) is 1. The Morgan fingerprint density at radius 2 is 2.08 bits per heavy atom. The molecule has 3 heterocycles. The van der Waals surface area contributed by atoms with Crippen LogP contribution in [-0.2, 0) is 11.8 Å². The summed E-state index contributed by atoms with van der Waals surface area (Å²) < 4.78 is 6.56. The van der Waals surface area contributed by atoms with E-state index in [1.165, 1.54) is 23.9 Å². The molecule has 2 fully saturated rings. The summed E-state index contributed by atoms with van der Waals surface area (Å²) >= 11 is 0. The first-order valence-corrected chi connectivity index (χ1v) is 8.55. The molecular weight excluding hydrogens is 310 g/mol. The minimum absolute atomic E-state index is 0.00849. The van der Waals surface area contributed by atoms with Gasteiger partial charge >= 0.3 is 0 Å². The van der Waals surface area contributed by atoms with Crippen LogP contribution in [-0.4, -0.2) is 57.6 Å². The molecule has 2 aliphatic heterocycles. The van der Waals surface area contributed by atoms with E-state index in [0.29, 0.717) is 32.7 Å². The molecule has 7 heteroatoms. The Balaban J connectivity index is 1.71. The summed E-state index contributed by atoms with van der Waals surface area (Å²) in [5.41, 5.74) is -0.717. The zero-order valence-electron chi connectivity index (χ0n) is 14.3. The predicted octanol–water partition coefficient (Wildman–Crippen LogP) is 0.420. The molecule has 0 saturated carbocycles. The normalized spacial score (nSPS) is 28.8. The third-order valence-electron chi connectivity index (χ3n) is 5.52. The molecule has 1 aromatic rings. The molecule has 2 aliphatic rings. The zero-order chi connectivity index (χ0) is 17.3. The largest absolute Gasteiger partial charge is 0.389 e. The van der Waals surface area contributed by atoms with Crippen LogP contribution in [0.3, 0.4) is 0 Å². The lowest BCUT2D eigenvalue weighted by molar-refractivity contribution is -0.125. The number of aromatic nitrogens is 2. The topological polar surface area (TPSA) is 84.7 Å². The molecule has 0 aliphatic carbocycles. The van der Waals surface area contributed by atoms with Crippen molar-refractivity contribution in [3.63, 3.8) is 0 Å². The highest BCUT2D eigenvalue weighted by molar-refractivity contribution is 5.92. The Bertz CT molecular complexity index is 668. The van der Waals surface area contributed by atoms with E-state index in [-0.39, 0.29) is 29.0 Å². The summed E-state index contributed by atoms with van der Waals surface area (Å²) in [5.74, 6) is 0.0338. The molecule has 1 N–H and O–H groups in total. The maximum absolute atomic E-state index is 12.6. The van der Waals surface area contributed by atoms with Gasteiger partial charge < -0.3 is 14.7 Å². The van der Waals surface area contributed by atoms with Gasteiger partial charge in [-0.25, -0.2) is 4.68 Å². The second kappa shape index (κ2) is 6.64. The van der Waals surface area contributed by atoms with E-state index < -0.39 is 5.60 Å². The fourth-order valence-electron chi connectivity index (χ4n) is 3.91. The van der Waals surface area contributed by atoms with E-state index in [1.54, 1.807) is 4.90 Å². The fraction of sp³-hybridized carbons (Fsp3) is 0.706. The summed E-state index contributed by atoms with van der Waals surface area (Å²) in [7, 11) is 1.53. The van der Waals surface area contributed by atoms with Gasteiger partial charge in [0.25, 0.3) is 11.5 Å². The second-order valence-electron chi connectivity index (χ2n) is 6.96. The van der Waals surface area contributed by atoms with E-state index in [2.05, 4.69) is 5.10 Å². The van der Waals surface area contributed by atoms with Crippen molar-refractivity contribution in [3.05, 3.63) is 28.2 Å². The van der Waals surface area contributed by atoms with Crippen molar-refractivity contribution in [2.24, 2.45) is 18.9 Å². The third kappa shape index (κ3) is 3.10. The summed E-state index contributed by atoms with van der Waals surface area (Å²) in [6.45, 7) is 4.40. The van der Waals surface area contributed by atoms with Crippen LogP contribution in [0.4, 0.5) is 0 Å². The molecule has 0 unspecified atom stereocenters. The summed E-state index contributed by atoms with van der Waals surface area (Å²) in [6, 6.07) is 2.82. The van der Waals surface area contributed by atoms with Gasteiger partial charge in [-0.3, -0.25) is 9.59 Å². The first-order chi connectivity index (χ1) is 11.4. The number of amides is 1. The minimum Gasteiger partial charge on any atom is -0.389 e. The number of nitrogens with zero attached hydrogens (tertiary/aromatic N) is 3. The van der Waals surface area contributed by atoms with Crippen LogP contribution in [0.15, 0.2) is 16.9 Å². The van der Waals surface area contributed by atoms with Crippen LogP contribution in [0.5, 0.6) is 0 Å². The Morgan fingerprint density at radius 3 is 2.71 bits per heavy atom. The van der Waals surface area contributed by atoms with Crippen LogP contribution in [0.25, 0.3) is 0 Å². The number of rotatable bonds is 2. The smallest absolute Gasteiger partial charge is 0.274 e. The molecule has 0 radical (unpaired) electrons. The van der Waals surface area contributed by atoms with Crippen LogP contribution in [0.2, 0.25) is 0 Å². The lowest BCUT2D eigenvalue weighted by atomic mass is 9.70. The van der Waals surface area contributed by atoms with Gasteiger partial charge in [0.05, 0.1) is 5.60 Å².